The molecule has 0 bridgehead atoms. The minimum absolute atomic E-state index is 0.195. The maximum Gasteiger partial charge on any atom is 0.274 e. The Bertz CT molecular complexity index is 875. The predicted molar refractivity (Wildman–Crippen MR) is 88.5 cm³/mol. The summed E-state index contributed by atoms with van der Waals surface area (Å²) in [6, 6.07) is 5.37. The van der Waals surface area contributed by atoms with Gasteiger partial charge < -0.3 is 14.8 Å². The van der Waals surface area contributed by atoms with Crippen molar-refractivity contribution in [1.29, 1.82) is 0 Å². The SMILES string of the molecule is Cc1noc(C)c1-c1cc(N)c(=O)n(Cc2ccc(Cl)s2)c1. The third-order valence-corrected chi connectivity index (χ3v) is 4.61. The van der Waals surface area contributed by atoms with Crippen molar-refractivity contribution in [1.82, 2.24) is 9.72 Å². The van der Waals surface area contributed by atoms with E-state index in [0.29, 0.717) is 16.6 Å². The number of hydrogen-bond acceptors (Lipinski definition) is 5. The quantitative estimate of drug-likeness (QED) is 0.795. The van der Waals surface area contributed by atoms with Crippen molar-refractivity contribution in [2.75, 3.05) is 5.73 Å². The average molecular weight is 336 g/mol. The first-order chi connectivity index (χ1) is 10.5. The van der Waals surface area contributed by atoms with Crippen LogP contribution in [0.2, 0.25) is 4.34 Å². The zero-order valence-corrected chi connectivity index (χ0v) is 13.7. The molecule has 7 heteroatoms. The van der Waals surface area contributed by atoms with E-state index < -0.39 is 0 Å². The third-order valence-electron chi connectivity index (χ3n) is 3.39. The van der Waals surface area contributed by atoms with E-state index in [4.69, 9.17) is 21.9 Å². The van der Waals surface area contributed by atoms with Crippen LogP contribution in [0.3, 0.4) is 0 Å². The number of pyridine rings is 1. The molecule has 0 saturated heterocycles. The first-order valence-electron chi connectivity index (χ1n) is 6.63. The Kier molecular flexibility index (Phi) is 3.80. The molecule has 0 fully saturated rings. The highest BCUT2D eigenvalue weighted by Gasteiger charge is 2.14. The summed E-state index contributed by atoms with van der Waals surface area (Å²) in [5, 5.41) is 3.94. The molecule has 114 valence electrons. The van der Waals surface area contributed by atoms with Gasteiger partial charge in [0.2, 0.25) is 0 Å². The lowest BCUT2D eigenvalue weighted by atomic mass is 10.1. The van der Waals surface area contributed by atoms with Gasteiger partial charge in [-0.1, -0.05) is 16.8 Å². The van der Waals surface area contributed by atoms with Gasteiger partial charge in [0.25, 0.3) is 5.56 Å². The molecule has 5 nitrogen and oxygen atoms in total. The van der Waals surface area contributed by atoms with Crippen molar-refractivity contribution >= 4 is 28.6 Å². The van der Waals surface area contributed by atoms with Crippen molar-refractivity contribution in [3.63, 3.8) is 0 Å². The summed E-state index contributed by atoms with van der Waals surface area (Å²) >= 11 is 7.38. The molecular formula is C15H14ClN3O2S. The molecule has 3 aromatic rings. The van der Waals surface area contributed by atoms with Crippen LogP contribution >= 0.6 is 22.9 Å². The standard InChI is InChI=1S/C15H14ClN3O2S/c1-8-14(9(2)21-18-8)10-5-12(17)15(20)19(6-10)7-11-3-4-13(16)22-11/h3-6H,7,17H2,1-2H3. The van der Waals surface area contributed by atoms with E-state index >= 15 is 0 Å². The summed E-state index contributed by atoms with van der Waals surface area (Å²) in [5.74, 6) is 0.696. The fourth-order valence-corrected chi connectivity index (χ4v) is 3.50. The second-order valence-electron chi connectivity index (χ2n) is 5.02. The monoisotopic (exact) mass is 335 g/mol. The van der Waals surface area contributed by atoms with Crippen LogP contribution in [0.4, 0.5) is 5.69 Å². The van der Waals surface area contributed by atoms with Crippen LogP contribution in [0.15, 0.2) is 33.7 Å². The van der Waals surface area contributed by atoms with Crippen LogP contribution in [-0.2, 0) is 6.54 Å². The van der Waals surface area contributed by atoms with Gasteiger partial charge in [0.15, 0.2) is 0 Å². The molecular weight excluding hydrogens is 322 g/mol. The Balaban J connectivity index is 2.09. The molecule has 0 saturated carbocycles. The predicted octanol–water partition coefficient (Wildman–Crippen LogP) is 3.47. The Hall–Kier alpha value is -2.05. The summed E-state index contributed by atoms with van der Waals surface area (Å²) in [4.78, 5) is 13.2. The lowest BCUT2D eigenvalue weighted by molar-refractivity contribution is 0.393. The van der Waals surface area contributed by atoms with E-state index in [1.165, 1.54) is 11.3 Å². The van der Waals surface area contributed by atoms with Crippen LogP contribution in [0.5, 0.6) is 0 Å². The number of nitrogen functional groups attached to an aromatic ring is 1. The number of halogens is 1. The highest BCUT2D eigenvalue weighted by Crippen LogP contribution is 2.28. The van der Waals surface area contributed by atoms with E-state index in [1.807, 2.05) is 26.0 Å². The molecule has 0 atom stereocenters. The molecule has 0 amide bonds. The fourth-order valence-electron chi connectivity index (χ4n) is 2.41. The molecule has 22 heavy (non-hydrogen) atoms. The van der Waals surface area contributed by atoms with Gasteiger partial charge in [-0.15, -0.1) is 11.3 Å². The Morgan fingerprint density at radius 2 is 2.18 bits per heavy atom. The van der Waals surface area contributed by atoms with Crippen molar-refractivity contribution < 1.29 is 4.52 Å². The molecule has 0 unspecified atom stereocenters. The van der Waals surface area contributed by atoms with Crippen LogP contribution in [-0.4, -0.2) is 9.72 Å². The number of aryl methyl sites for hydroxylation is 2. The number of thiophene rings is 1. The van der Waals surface area contributed by atoms with Gasteiger partial charge in [-0.05, 0) is 32.0 Å². The summed E-state index contributed by atoms with van der Waals surface area (Å²) in [6.45, 7) is 4.12. The topological polar surface area (TPSA) is 74.1 Å². The lowest BCUT2D eigenvalue weighted by Gasteiger charge is -2.09. The molecule has 0 aromatic carbocycles. The number of nitrogens with zero attached hydrogens (tertiary/aromatic N) is 2. The molecule has 3 rings (SSSR count). The first kappa shape index (κ1) is 14.9. The van der Waals surface area contributed by atoms with E-state index in [2.05, 4.69) is 5.16 Å². The minimum Gasteiger partial charge on any atom is -0.394 e. The number of aromatic nitrogens is 2. The van der Waals surface area contributed by atoms with Gasteiger partial charge in [0.1, 0.15) is 5.76 Å². The fraction of sp³-hybridized carbons (Fsp3) is 0.200. The van der Waals surface area contributed by atoms with Gasteiger partial charge in [-0.2, -0.15) is 0 Å². The van der Waals surface area contributed by atoms with Crippen LogP contribution in [0.1, 0.15) is 16.3 Å². The van der Waals surface area contributed by atoms with Gasteiger partial charge in [-0.25, -0.2) is 0 Å². The van der Waals surface area contributed by atoms with E-state index in [-0.39, 0.29) is 11.2 Å². The molecule has 0 aliphatic carbocycles. The Labute approximate surface area is 135 Å². The van der Waals surface area contributed by atoms with Crippen molar-refractivity contribution in [3.05, 3.63) is 55.4 Å². The molecule has 3 heterocycles. The number of hydrogen-bond donors (Lipinski definition) is 1. The largest absolute Gasteiger partial charge is 0.394 e. The van der Waals surface area contributed by atoms with Crippen molar-refractivity contribution in [3.8, 4) is 11.1 Å². The van der Waals surface area contributed by atoms with E-state index in [1.54, 1.807) is 16.8 Å². The Morgan fingerprint density at radius 3 is 2.77 bits per heavy atom. The second-order valence-corrected chi connectivity index (χ2v) is 6.82. The van der Waals surface area contributed by atoms with Crippen LogP contribution in [0, 0.1) is 13.8 Å². The minimum atomic E-state index is -0.222. The van der Waals surface area contributed by atoms with Crippen molar-refractivity contribution in [2.24, 2.45) is 0 Å². The van der Waals surface area contributed by atoms with Gasteiger partial charge in [-0.3, -0.25) is 4.79 Å². The normalized spacial score (nSPS) is 11.0. The zero-order valence-electron chi connectivity index (χ0n) is 12.1. The summed E-state index contributed by atoms with van der Waals surface area (Å²) < 4.78 is 7.46. The second kappa shape index (κ2) is 5.62. The third kappa shape index (κ3) is 2.67. The van der Waals surface area contributed by atoms with E-state index in [0.717, 1.165) is 21.7 Å². The molecule has 0 aliphatic rings. The number of nitrogens with two attached hydrogens (primary N) is 1. The molecule has 0 radical (unpaired) electrons. The van der Waals surface area contributed by atoms with Gasteiger partial charge >= 0.3 is 0 Å². The molecule has 2 N–H and O–H groups in total. The molecule has 0 aliphatic heterocycles. The average Bonchev–Trinajstić information content (AvgIpc) is 3.01. The van der Waals surface area contributed by atoms with Gasteiger partial charge in [0.05, 0.1) is 22.3 Å². The summed E-state index contributed by atoms with van der Waals surface area (Å²) in [5.41, 5.74) is 8.30. The Morgan fingerprint density at radius 1 is 1.41 bits per heavy atom. The maximum absolute atomic E-state index is 12.2. The first-order valence-corrected chi connectivity index (χ1v) is 7.82. The number of anilines is 1. The van der Waals surface area contributed by atoms with E-state index in [9.17, 15) is 4.79 Å². The zero-order chi connectivity index (χ0) is 15.9. The maximum atomic E-state index is 12.2. The summed E-state index contributed by atoms with van der Waals surface area (Å²) in [6.07, 6.45) is 1.78. The summed E-state index contributed by atoms with van der Waals surface area (Å²) in [7, 11) is 0. The van der Waals surface area contributed by atoms with Crippen LogP contribution in [0.25, 0.3) is 11.1 Å². The molecule has 0 spiro atoms. The lowest BCUT2D eigenvalue weighted by Crippen LogP contribution is -2.22. The van der Waals surface area contributed by atoms with Gasteiger partial charge in [0, 0.05) is 22.2 Å². The van der Waals surface area contributed by atoms with Crippen molar-refractivity contribution in [2.45, 2.75) is 20.4 Å². The highest BCUT2D eigenvalue weighted by molar-refractivity contribution is 7.16. The van der Waals surface area contributed by atoms with Crippen LogP contribution < -0.4 is 11.3 Å². The highest BCUT2D eigenvalue weighted by atomic mass is 35.5. The smallest absolute Gasteiger partial charge is 0.274 e. The molecule has 3 aromatic heterocycles. The number of rotatable bonds is 3.